The molecule has 1 aliphatic rings. The second-order valence-electron chi connectivity index (χ2n) is 6.69. The summed E-state index contributed by atoms with van der Waals surface area (Å²) in [7, 11) is 0. The van der Waals surface area contributed by atoms with Crippen LogP contribution >= 0.6 is 0 Å². The number of nitrogens with zero attached hydrogens (tertiary/aromatic N) is 1. The maximum atomic E-state index is 4.47. The number of aromatic nitrogens is 1. The molecular weight excluding hydrogens is 256 g/mol. The third kappa shape index (κ3) is 4.53. The Kier molecular flexibility index (Phi) is 5.35. The minimum absolute atomic E-state index is 0.125. The van der Waals surface area contributed by atoms with Crippen LogP contribution in [0.25, 0.3) is 6.08 Å². The summed E-state index contributed by atoms with van der Waals surface area (Å²) in [6.45, 7) is 12.1. The molecule has 0 fully saturated rings. The summed E-state index contributed by atoms with van der Waals surface area (Å²) >= 11 is 0. The van der Waals surface area contributed by atoms with Crippen molar-refractivity contribution in [2.45, 2.75) is 58.4 Å². The fourth-order valence-corrected chi connectivity index (χ4v) is 3.05. The summed E-state index contributed by atoms with van der Waals surface area (Å²) in [5.41, 5.74) is 5.39. The van der Waals surface area contributed by atoms with Gasteiger partial charge in [0.05, 0.1) is 5.69 Å². The van der Waals surface area contributed by atoms with Crippen molar-refractivity contribution in [2.75, 3.05) is 6.54 Å². The van der Waals surface area contributed by atoms with Crippen LogP contribution in [0.4, 0.5) is 0 Å². The van der Waals surface area contributed by atoms with Crippen molar-refractivity contribution >= 4 is 6.08 Å². The minimum atomic E-state index is 0.125. The number of rotatable bonds is 7. The van der Waals surface area contributed by atoms with Gasteiger partial charge in [0.1, 0.15) is 0 Å². The number of pyridine rings is 1. The van der Waals surface area contributed by atoms with Gasteiger partial charge in [0.25, 0.3) is 0 Å². The molecule has 0 unspecified atom stereocenters. The van der Waals surface area contributed by atoms with Gasteiger partial charge in [0, 0.05) is 11.7 Å². The standard InChI is InChI=1S/C19H28N2/c1-5-11-21-19(3,4)14-15(2)13-16-10-12-20-18-9-7-6-8-17(16)18/h7,9-10,12,21H,2,5-6,8,11,13-14H2,1,3-4H3. The molecule has 0 aromatic carbocycles. The molecule has 0 spiro atoms. The van der Waals surface area contributed by atoms with Crippen molar-refractivity contribution in [3.8, 4) is 0 Å². The Morgan fingerprint density at radius 2 is 2.24 bits per heavy atom. The van der Waals surface area contributed by atoms with E-state index < -0.39 is 0 Å². The van der Waals surface area contributed by atoms with Crippen LogP contribution in [-0.2, 0) is 12.8 Å². The summed E-state index contributed by atoms with van der Waals surface area (Å²) in [6.07, 6.45) is 11.7. The quantitative estimate of drug-likeness (QED) is 0.755. The fraction of sp³-hybridized carbons (Fsp3) is 0.526. The van der Waals surface area contributed by atoms with Crippen LogP contribution < -0.4 is 5.32 Å². The SMILES string of the molecule is C=C(Cc1ccnc2c1CCC=C2)CC(C)(C)NCCC. The van der Waals surface area contributed by atoms with Gasteiger partial charge >= 0.3 is 0 Å². The molecule has 114 valence electrons. The number of hydrogen-bond acceptors (Lipinski definition) is 2. The fourth-order valence-electron chi connectivity index (χ4n) is 3.05. The van der Waals surface area contributed by atoms with Crippen LogP contribution in [0.2, 0.25) is 0 Å². The zero-order chi connectivity index (χ0) is 15.3. The Balaban J connectivity index is 2.02. The highest BCUT2D eigenvalue weighted by Gasteiger charge is 2.19. The van der Waals surface area contributed by atoms with E-state index in [1.54, 1.807) is 0 Å². The van der Waals surface area contributed by atoms with Crippen LogP contribution in [0, 0.1) is 0 Å². The third-order valence-electron chi connectivity index (χ3n) is 4.01. The van der Waals surface area contributed by atoms with Crippen LogP contribution in [0.1, 0.15) is 56.9 Å². The van der Waals surface area contributed by atoms with Crippen molar-refractivity contribution in [3.05, 3.63) is 47.3 Å². The van der Waals surface area contributed by atoms with E-state index in [1.807, 2.05) is 6.20 Å². The van der Waals surface area contributed by atoms with Crippen LogP contribution in [0.5, 0.6) is 0 Å². The van der Waals surface area contributed by atoms with Crippen LogP contribution in [0.15, 0.2) is 30.5 Å². The van der Waals surface area contributed by atoms with E-state index in [1.165, 1.54) is 23.1 Å². The zero-order valence-corrected chi connectivity index (χ0v) is 13.7. The molecule has 1 aromatic heterocycles. The first kappa shape index (κ1) is 16.0. The van der Waals surface area contributed by atoms with Gasteiger partial charge in [-0.05, 0) is 75.8 Å². The molecule has 1 aromatic rings. The summed E-state index contributed by atoms with van der Waals surface area (Å²) in [4.78, 5) is 4.47. The highest BCUT2D eigenvalue weighted by Crippen LogP contribution is 2.25. The highest BCUT2D eigenvalue weighted by atomic mass is 14.9. The molecule has 0 radical (unpaired) electrons. The zero-order valence-electron chi connectivity index (χ0n) is 13.7. The molecule has 0 saturated heterocycles. The number of allylic oxidation sites excluding steroid dienone is 1. The van der Waals surface area contributed by atoms with Gasteiger partial charge < -0.3 is 5.32 Å². The van der Waals surface area contributed by atoms with Crippen LogP contribution in [-0.4, -0.2) is 17.1 Å². The largest absolute Gasteiger partial charge is 0.311 e. The molecule has 0 saturated carbocycles. The minimum Gasteiger partial charge on any atom is -0.311 e. The average Bonchev–Trinajstić information content (AvgIpc) is 2.45. The van der Waals surface area contributed by atoms with Gasteiger partial charge in [-0.1, -0.05) is 25.2 Å². The van der Waals surface area contributed by atoms with E-state index in [2.05, 4.69) is 55.9 Å². The molecule has 21 heavy (non-hydrogen) atoms. The molecule has 0 amide bonds. The predicted octanol–water partition coefficient (Wildman–Crippen LogP) is 4.31. The Morgan fingerprint density at radius 1 is 1.43 bits per heavy atom. The maximum absolute atomic E-state index is 4.47. The molecule has 2 nitrogen and oxygen atoms in total. The van der Waals surface area contributed by atoms with Crippen molar-refractivity contribution < 1.29 is 0 Å². The van der Waals surface area contributed by atoms with E-state index >= 15 is 0 Å². The van der Waals surface area contributed by atoms with E-state index in [0.717, 1.165) is 37.9 Å². The van der Waals surface area contributed by atoms with E-state index in [9.17, 15) is 0 Å². The molecular formula is C19H28N2. The average molecular weight is 284 g/mol. The molecule has 0 atom stereocenters. The van der Waals surface area contributed by atoms with Gasteiger partial charge in [-0.25, -0.2) is 0 Å². The molecule has 0 aliphatic heterocycles. The smallest absolute Gasteiger partial charge is 0.0661 e. The lowest BCUT2D eigenvalue weighted by Gasteiger charge is -2.28. The number of nitrogens with one attached hydrogen (secondary N) is 1. The lowest BCUT2D eigenvalue weighted by Crippen LogP contribution is -2.40. The molecule has 2 rings (SSSR count). The van der Waals surface area contributed by atoms with E-state index in [-0.39, 0.29) is 5.54 Å². The summed E-state index contributed by atoms with van der Waals surface area (Å²) < 4.78 is 0. The number of hydrogen-bond donors (Lipinski definition) is 1. The van der Waals surface area contributed by atoms with Gasteiger partial charge in [-0.2, -0.15) is 0 Å². The van der Waals surface area contributed by atoms with Gasteiger partial charge in [0.15, 0.2) is 0 Å². The molecule has 1 N–H and O–H groups in total. The Labute approximate surface area is 129 Å². The predicted molar refractivity (Wildman–Crippen MR) is 91.4 cm³/mol. The topological polar surface area (TPSA) is 24.9 Å². The summed E-state index contributed by atoms with van der Waals surface area (Å²) in [5, 5.41) is 3.60. The van der Waals surface area contributed by atoms with Gasteiger partial charge in [0.2, 0.25) is 0 Å². The summed E-state index contributed by atoms with van der Waals surface area (Å²) in [5.74, 6) is 0. The Hall–Kier alpha value is -1.41. The first-order valence-corrected chi connectivity index (χ1v) is 8.07. The van der Waals surface area contributed by atoms with Crippen LogP contribution in [0.3, 0.4) is 0 Å². The molecule has 1 heterocycles. The first-order valence-electron chi connectivity index (χ1n) is 8.07. The van der Waals surface area contributed by atoms with Crippen molar-refractivity contribution in [1.82, 2.24) is 10.3 Å². The molecule has 2 heteroatoms. The Bertz CT molecular complexity index is 526. The second-order valence-corrected chi connectivity index (χ2v) is 6.69. The van der Waals surface area contributed by atoms with Gasteiger partial charge in [-0.15, -0.1) is 0 Å². The number of fused-ring (bicyclic) bond motifs is 1. The Morgan fingerprint density at radius 3 is 3.00 bits per heavy atom. The lowest BCUT2D eigenvalue weighted by molar-refractivity contribution is 0.384. The van der Waals surface area contributed by atoms with E-state index in [4.69, 9.17) is 0 Å². The third-order valence-corrected chi connectivity index (χ3v) is 4.01. The van der Waals surface area contributed by atoms with Crippen molar-refractivity contribution in [3.63, 3.8) is 0 Å². The van der Waals surface area contributed by atoms with Crippen molar-refractivity contribution in [1.29, 1.82) is 0 Å². The van der Waals surface area contributed by atoms with E-state index in [0.29, 0.717) is 0 Å². The first-order chi connectivity index (χ1) is 10.0. The monoisotopic (exact) mass is 284 g/mol. The molecule has 1 aliphatic carbocycles. The highest BCUT2D eigenvalue weighted by molar-refractivity contribution is 5.54. The normalized spacial score (nSPS) is 14.0. The molecule has 0 bridgehead atoms. The lowest BCUT2D eigenvalue weighted by atomic mass is 9.88. The maximum Gasteiger partial charge on any atom is 0.0661 e. The second kappa shape index (κ2) is 7.04. The van der Waals surface area contributed by atoms with Crippen molar-refractivity contribution in [2.24, 2.45) is 0 Å². The summed E-state index contributed by atoms with van der Waals surface area (Å²) in [6, 6.07) is 2.16. The van der Waals surface area contributed by atoms with Gasteiger partial charge in [-0.3, -0.25) is 4.98 Å².